The van der Waals surface area contributed by atoms with E-state index in [1.165, 1.54) is 6.92 Å². The molecular weight excluding hydrogens is 518 g/mol. The molecule has 0 radical (unpaired) electrons. The Morgan fingerprint density at radius 1 is 1.10 bits per heavy atom. The molecule has 4 saturated heterocycles. The van der Waals surface area contributed by atoms with Crippen LogP contribution in [0.4, 0.5) is 0 Å². The maximum absolute atomic E-state index is 13.6. The van der Waals surface area contributed by atoms with E-state index in [2.05, 4.69) is 19.2 Å². The predicted octanol–water partition coefficient (Wildman–Crippen LogP) is -0.645. The van der Waals surface area contributed by atoms with Crippen LogP contribution in [0.25, 0.3) is 0 Å². The highest BCUT2D eigenvalue weighted by atomic mass is 16.8. The van der Waals surface area contributed by atoms with E-state index in [9.17, 15) is 34.5 Å². The molecule has 13 heteroatoms. The van der Waals surface area contributed by atoms with Crippen molar-refractivity contribution >= 4 is 23.9 Å². The molecule has 0 aromatic heterocycles. The van der Waals surface area contributed by atoms with Gasteiger partial charge in [-0.05, 0) is 37.8 Å². The van der Waals surface area contributed by atoms with Crippen molar-refractivity contribution < 1.29 is 58.2 Å². The van der Waals surface area contributed by atoms with Gasteiger partial charge in [0.15, 0.2) is 17.8 Å². The van der Waals surface area contributed by atoms with Crippen LogP contribution in [-0.4, -0.2) is 101 Å². The van der Waals surface area contributed by atoms with Gasteiger partial charge in [-0.1, -0.05) is 34.6 Å². The zero-order valence-electron chi connectivity index (χ0n) is 22.9. The molecule has 4 N–H and O–H groups in total. The summed E-state index contributed by atoms with van der Waals surface area (Å²) in [5.74, 6) is -5.84. The molecule has 3 unspecified atom stereocenters. The first kappa shape index (κ1) is 28.2. The highest BCUT2D eigenvalue weighted by Gasteiger charge is 3.04. The number of aliphatic carboxylic acids is 1. The number of nitrogens with one attached hydrogen (secondary N) is 1. The molecule has 218 valence electrons. The molecule has 6 rings (SSSR count). The topological polar surface area (TPSA) is 187 Å². The third-order valence-corrected chi connectivity index (χ3v) is 9.84. The van der Waals surface area contributed by atoms with Crippen molar-refractivity contribution in [2.75, 3.05) is 19.7 Å². The van der Waals surface area contributed by atoms with Crippen molar-refractivity contribution in [1.82, 2.24) is 5.32 Å². The Balaban J connectivity index is 0.000000567. The van der Waals surface area contributed by atoms with Crippen LogP contribution in [0.2, 0.25) is 0 Å². The lowest BCUT2D eigenvalue weighted by Gasteiger charge is -2.48. The van der Waals surface area contributed by atoms with E-state index in [1.807, 2.05) is 20.8 Å². The van der Waals surface area contributed by atoms with Crippen LogP contribution < -0.4 is 5.32 Å². The largest absolute Gasteiger partial charge is 0.480 e. The van der Waals surface area contributed by atoms with Gasteiger partial charge in [0.25, 0.3) is 0 Å². The lowest BCUT2D eigenvalue weighted by atomic mass is 9.51. The molecule has 0 amide bonds. The van der Waals surface area contributed by atoms with Gasteiger partial charge in [-0.3, -0.25) is 4.79 Å². The number of carboxylic acid groups (broad SMARTS) is 1. The first-order valence-corrected chi connectivity index (χ1v) is 13.4. The first-order valence-electron chi connectivity index (χ1n) is 13.4. The maximum Gasteiger partial charge on any atom is 0.343 e. The molecule has 0 aromatic carbocycles. The number of rotatable bonds is 5. The van der Waals surface area contributed by atoms with Crippen molar-refractivity contribution in [3.05, 3.63) is 0 Å². The van der Waals surface area contributed by atoms with Gasteiger partial charge < -0.3 is 44.3 Å². The lowest BCUT2D eigenvalue weighted by Crippen LogP contribution is -2.67. The molecule has 2 aliphatic carbocycles. The summed E-state index contributed by atoms with van der Waals surface area (Å²) < 4.78 is 28.5. The second kappa shape index (κ2) is 8.59. The van der Waals surface area contributed by atoms with Gasteiger partial charge in [-0.25, -0.2) is 14.4 Å². The molecule has 0 bridgehead atoms. The average Bonchev–Trinajstić information content (AvgIpc) is 3.55. The third-order valence-electron chi connectivity index (χ3n) is 9.84. The number of fused-ring (bicyclic) bond motifs is 1. The van der Waals surface area contributed by atoms with Crippen molar-refractivity contribution in [1.29, 1.82) is 0 Å². The van der Waals surface area contributed by atoms with Gasteiger partial charge in [-0.2, -0.15) is 0 Å². The number of ether oxygens (including phenoxy) is 5. The monoisotopic (exact) mass is 555 g/mol. The molecule has 0 aromatic rings. The number of hydrogen-bond donors (Lipinski definition) is 4. The lowest BCUT2D eigenvalue weighted by molar-refractivity contribution is -0.240. The molecular formula is C26H37NO12. The SMILES string of the molecule is CC1C(=O)O[C@H]2[C@H](O)[C@@]34C5C[C@@H](C(C)(C)C)C36[C@@H](OC(=O)[C@@H]6OCC(=O)O)O[C@@]4(C(=O)O5)[C@@]12O.CCNCC. The summed E-state index contributed by atoms with van der Waals surface area (Å²) >= 11 is 0. The van der Waals surface area contributed by atoms with Gasteiger partial charge in [-0.15, -0.1) is 0 Å². The van der Waals surface area contributed by atoms with Crippen molar-refractivity contribution in [3.63, 3.8) is 0 Å². The summed E-state index contributed by atoms with van der Waals surface area (Å²) in [6, 6.07) is 0. The van der Waals surface area contributed by atoms with E-state index in [0.717, 1.165) is 13.1 Å². The van der Waals surface area contributed by atoms with Crippen LogP contribution in [0.5, 0.6) is 0 Å². The summed E-state index contributed by atoms with van der Waals surface area (Å²) in [6.07, 6.45) is -7.08. The number of carboxylic acids is 1. The number of hydrogen-bond acceptors (Lipinski definition) is 12. The van der Waals surface area contributed by atoms with Gasteiger partial charge in [0.05, 0.1) is 16.7 Å². The molecule has 4 aliphatic heterocycles. The van der Waals surface area contributed by atoms with Crippen molar-refractivity contribution in [2.45, 2.75) is 89.9 Å². The number of carbonyl (C=O) groups excluding carboxylic acids is 3. The number of aliphatic hydroxyl groups is 2. The molecule has 2 saturated carbocycles. The molecule has 6 fully saturated rings. The second-order valence-electron chi connectivity index (χ2n) is 12.3. The average molecular weight is 556 g/mol. The summed E-state index contributed by atoms with van der Waals surface area (Å²) in [7, 11) is 0. The van der Waals surface area contributed by atoms with Crippen LogP contribution in [0.1, 0.15) is 48.0 Å². The minimum absolute atomic E-state index is 0.169. The van der Waals surface area contributed by atoms with Gasteiger partial charge in [0, 0.05) is 0 Å². The van der Waals surface area contributed by atoms with E-state index in [0.29, 0.717) is 0 Å². The quantitative estimate of drug-likeness (QED) is 0.248. The second-order valence-corrected chi connectivity index (χ2v) is 12.3. The fourth-order valence-corrected chi connectivity index (χ4v) is 8.70. The summed E-state index contributed by atoms with van der Waals surface area (Å²) in [5.41, 5.74) is -8.62. The highest BCUT2D eigenvalue weighted by Crippen LogP contribution is 2.84. The van der Waals surface area contributed by atoms with Crippen LogP contribution >= 0.6 is 0 Å². The number of esters is 3. The fraction of sp³-hybridized carbons (Fsp3) is 0.846. The van der Waals surface area contributed by atoms with Gasteiger partial charge in [0.1, 0.15) is 18.8 Å². The van der Waals surface area contributed by atoms with Crippen LogP contribution in [0.3, 0.4) is 0 Å². The summed E-state index contributed by atoms with van der Waals surface area (Å²) in [5, 5.41) is 36.2. The first-order chi connectivity index (χ1) is 18.1. The molecule has 2 spiro atoms. The Morgan fingerprint density at radius 3 is 2.28 bits per heavy atom. The number of carbonyl (C=O) groups is 4. The van der Waals surface area contributed by atoms with Gasteiger partial charge >= 0.3 is 23.9 Å². The zero-order chi connectivity index (χ0) is 28.9. The van der Waals surface area contributed by atoms with E-state index < -0.39 is 100 Å². The Hall–Kier alpha value is -2.32. The van der Waals surface area contributed by atoms with E-state index in [1.54, 1.807) is 0 Å². The van der Waals surface area contributed by atoms with Gasteiger partial charge in [0.2, 0.25) is 11.9 Å². The maximum atomic E-state index is 13.6. The van der Waals surface area contributed by atoms with E-state index >= 15 is 0 Å². The van der Waals surface area contributed by atoms with Crippen molar-refractivity contribution in [3.8, 4) is 0 Å². The molecule has 13 nitrogen and oxygen atoms in total. The van der Waals surface area contributed by atoms with E-state index in [-0.39, 0.29) is 6.42 Å². The van der Waals surface area contributed by atoms with Crippen LogP contribution in [0.15, 0.2) is 0 Å². The fourth-order valence-electron chi connectivity index (χ4n) is 8.70. The standard InChI is InChI=1S/C22H26O12.C4H11N/c1-7-14(26)32-12-11(25)20-9-5-8(18(2,3)4)19(20)13(30-6-10(23)24)15(27)33-17(19)34-22(20,16(28)31-9)21(7,12)29;1-3-5-4-2/h7-9,11-13,17,25,29H,5-6H2,1-4H3,(H,23,24);5H,3-4H2,1-2H3/t7?,8-,9?,11-,12-,13-,17-,19?,20-,21+,22+;/m0./s1. The van der Waals surface area contributed by atoms with Crippen LogP contribution in [0, 0.1) is 28.1 Å². The summed E-state index contributed by atoms with van der Waals surface area (Å²) in [4.78, 5) is 50.5. The van der Waals surface area contributed by atoms with Crippen LogP contribution in [-0.2, 0) is 42.9 Å². The summed E-state index contributed by atoms with van der Waals surface area (Å²) in [6.45, 7) is 12.6. The number of aliphatic hydroxyl groups excluding tert-OH is 1. The Kier molecular flexibility index (Phi) is 6.22. The Morgan fingerprint density at radius 2 is 1.74 bits per heavy atom. The zero-order valence-corrected chi connectivity index (χ0v) is 22.9. The predicted molar refractivity (Wildman–Crippen MR) is 128 cm³/mol. The van der Waals surface area contributed by atoms with E-state index in [4.69, 9.17) is 23.7 Å². The minimum atomic E-state index is -2.32. The molecule has 4 heterocycles. The third kappa shape index (κ3) is 2.87. The Bertz CT molecular complexity index is 1100. The Labute approximate surface area is 225 Å². The minimum Gasteiger partial charge on any atom is -0.480 e. The molecule has 6 aliphatic rings. The normalized spacial score (nSPS) is 48.4. The molecule has 39 heavy (non-hydrogen) atoms. The highest BCUT2D eigenvalue weighted by molar-refractivity contribution is 5.94. The smallest absolute Gasteiger partial charge is 0.343 e. The van der Waals surface area contributed by atoms with Crippen molar-refractivity contribution in [2.24, 2.45) is 28.1 Å². The molecule has 11 atom stereocenters.